The molecule has 0 saturated carbocycles. The van der Waals surface area contributed by atoms with Gasteiger partial charge in [-0.25, -0.2) is 4.79 Å². The topological polar surface area (TPSA) is 130 Å². The van der Waals surface area contributed by atoms with Crippen LogP contribution in [0.2, 0.25) is 0 Å². The number of carboxylic acid groups (broad SMARTS) is 2. The molecule has 1 aromatic rings. The van der Waals surface area contributed by atoms with Crippen LogP contribution >= 0.6 is 0 Å². The fraction of sp³-hybridized carbons (Fsp3) is 0.357. The number of rotatable bonds is 5. The zero-order valence-corrected chi connectivity index (χ0v) is 11.9. The van der Waals surface area contributed by atoms with Gasteiger partial charge in [0.25, 0.3) is 5.91 Å². The molecule has 0 aromatic heterocycles. The molecule has 0 aliphatic rings. The van der Waals surface area contributed by atoms with E-state index in [9.17, 15) is 14.4 Å². The fourth-order valence-corrected chi connectivity index (χ4v) is 1.33. The molecule has 1 aromatic carbocycles. The number of hydrogen-bond acceptors (Lipinski definition) is 4. The predicted octanol–water partition coefficient (Wildman–Crippen LogP) is 0.555. The number of carbonyl (C=O) groups is 3. The predicted molar refractivity (Wildman–Crippen MR) is 76.9 cm³/mol. The molecule has 7 nitrogen and oxygen atoms in total. The second kappa shape index (κ2) is 9.49. The lowest BCUT2D eigenvalue weighted by atomic mass is 10.0. The fourth-order valence-electron chi connectivity index (χ4n) is 1.33. The maximum absolute atomic E-state index is 11.7. The quantitative estimate of drug-likeness (QED) is 0.628. The molecule has 0 aliphatic carbocycles. The van der Waals surface area contributed by atoms with Gasteiger partial charge >= 0.3 is 11.9 Å². The van der Waals surface area contributed by atoms with Crippen molar-refractivity contribution in [2.45, 2.75) is 19.9 Å². The molecule has 0 bridgehead atoms. The minimum absolute atomic E-state index is 0.148. The Balaban J connectivity index is 0.000000690. The van der Waals surface area contributed by atoms with Crippen LogP contribution in [0.25, 0.3) is 0 Å². The molecule has 5 N–H and O–H groups in total. The van der Waals surface area contributed by atoms with Gasteiger partial charge in [-0.15, -0.1) is 0 Å². The van der Waals surface area contributed by atoms with Gasteiger partial charge in [0.2, 0.25) is 0 Å². The van der Waals surface area contributed by atoms with Gasteiger partial charge in [-0.1, -0.05) is 32.0 Å². The lowest BCUT2D eigenvalue weighted by molar-refractivity contribution is -0.140. The van der Waals surface area contributed by atoms with Gasteiger partial charge < -0.3 is 21.3 Å². The van der Waals surface area contributed by atoms with Crippen molar-refractivity contribution >= 4 is 17.8 Å². The van der Waals surface area contributed by atoms with Gasteiger partial charge in [-0.05, 0) is 18.1 Å². The SMILES string of the molecule is CC(C)C(NC(=O)c1ccccc1)C(=O)O.NCC(=O)O. The van der Waals surface area contributed by atoms with Gasteiger partial charge in [-0.2, -0.15) is 0 Å². The molecule has 0 saturated heterocycles. The lowest BCUT2D eigenvalue weighted by Gasteiger charge is -2.17. The number of amides is 1. The molecule has 7 heteroatoms. The molecule has 116 valence electrons. The maximum atomic E-state index is 11.7. The molecule has 0 fully saturated rings. The summed E-state index contributed by atoms with van der Waals surface area (Å²) in [5, 5.41) is 19.0. The van der Waals surface area contributed by atoms with Crippen molar-refractivity contribution in [1.82, 2.24) is 5.32 Å². The molecule has 1 amide bonds. The van der Waals surface area contributed by atoms with E-state index >= 15 is 0 Å². The summed E-state index contributed by atoms with van der Waals surface area (Å²) in [7, 11) is 0. The van der Waals surface area contributed by atoms with Gasteiger partial charge in [0.15, 0.2) is 0 Å². The summed E-state index contributed by atoms with van der Waals surface area (Å²) in [4.78, 5) is 31.8. The Bertz CT molecular complexity index is 474. The van der Waals surface area contributed by atoms with Crippen LogP contribution in [-0.4, -0.2) is 40.6 Å². The van der Waals surface area contributed by atoms with E-state index in [4.69, 9.17) is 10.2 Å². The Morgan fingerprint density at radius 1 is 1.14 bits per heavy atom. The van der Waals surface area contributed by atoms with E-state index in [1.165, 1.54) is 0 Å². The first-order valence-corrected chi connectivity index (χ1v) is 6.30. The van der Waals surface area contributed by atoms with E-state index in [1.54, 1.807) is 44.2 Å². The Morgan fingerprint density at radius 3 is 1.95 bits per heavy atom. The first-order valence-electron chi connectivity index (χ1n) is 6.30. The first-order chi connectivity index (χ1) is 9.79. The maximum Gasteiger partial charge on any atom is 0.326 e. The molecule has 1 atom stereocenters. The van der Waals surface area contributed by atoms with Crippen LogP contribution < -0.4 is 11.1 Å². The van der Waals surface area contributed by atoms with Crippen LogP contribution in [0.3, 0.4) is 0 Å². The van der Waals surface area contributed by atoms with Crippen molar-refractivity contribution < 1.29 is 24.6 Å². The zero-order valence-electron chi connectivity index (χ0n) is 11.9. The number of hydrogen-bond donors (Lipinski definition) is 4. The van der Waals surface area contributed by atoms with Crippen molar-refractivity contribution in [1.29, 1.82) is 0 Å². The second-order valence-electron chi connectivity index (χ2n) is 4.50. The summed E-state index contributed by atoms with van der Waals surface area (Å²) in [6.45, 7) is 3.23. The Morgan fingerprint density at radius 2 is 1.62 bits per heavy atom. The Hall–Kier alpha value is -2.41. The van der Waals surface area contributed by atoms with Gasteiger partial charge in [0.05, 0.1) is 6.54 Å². The summed E-state index contributed by atoms with van der Waals surface area (Å²) < 4.78 is 0. The summed E-state index contributed by atoms with van der Waals surface area (Å²) in [6, 6.07) is 7.71. The number of nitrogens with one attached hydrogen (secondary N) is 1. The highest BCUT2D eigenvalue weighted by atomic mass is 16.4. The third kappa shape index (κ3) is 7.68. The van der Waals surface area contributed by atoms with E-state index in [-0.39, 0.29) is 18.4 Å². The molecule has 0 spiro atoms. The van der Waals surface area contributed by atoms with Crippen LogP contribution in [-0.2, 0) is 9.59 Å². The number of carbonyl (C=O) groups excluding carboxylic acids is 1. The van der Waals surface area contributed by atoms with Crippen molar-refractivity contribution in [2.24, 2.45) is 11.7 Å². The van der Waals surface area contributed by atoms with Crippen molar-refractivity contribution in [2.75, 3.05) is 6.54 Å². The number of carboxylic acids is 2. The minimum Gasteiger partial charge on any atom is -0.480 e. The van der Waals surface area contributed by atoms with Crippen molar-refractivity contribution in [3.63, 3.8) is 0 Å². The Labute approximate surface area is 122 Å². The first kappa shape index (κ1) is 18.6. The molecule has 0 radical (unpaired) electrons. The third-order valence-electron chi connectivity index (χ3n) is 2.43. The lowest BCUT2D eigenvalue weighted by Crippen LogP contribution is -2.44. The third-order valence-corrected chi connectivity index (χ3v) is 2.43. The molecule has 0 heterocycles. The van der Waals surface area contributed by atoms with Crippen LogP contribution in [0, 0.1) is 5.92 Å². The van der Waals surface area contributed by atoms with Crippen LogP contribution in [0.15, 0.2) is 30.3 Å². The van der Waals surface area contributed by atoms with Crippen molar-refractivity contribution in [3.8, 4) is 0 Å². The number of benzene rings is 1. The summed E-state index contributed by atoms with van der Waals surface area (Å²) in [5.74, 6) is -2.49. The largest absolute Gasteiger partial charge is 0.480 e. The highest BCUT2D eigenvalue weighted by Gasteiger charge is 2.23. The van der Waals surface area contributed by atoms with E-state index in [2.05, 4.69) is 11.1 Å². The van der Waals surface area contributed by atoms with Crippen LogP contribution in [0.4, 0.5) is 0 Å². The molecule has 1 unspecified atom stereocenters. The molecule has 1 rings (SSSR count). The molecule has 21 heavy (non-hydrogen) atoms. The average molecular weight is 296 g/mol. The molecular formula is C14H20N2O5. The van der Waals surface area contributed by atoms with Gasteiger partial charge in [0.1, 0.15) is 6.04 Å². The van der Waals surface area contributed by atoms with Gasteiger partial charge in [-0.3, -0.25) is 9.59 Å². The summed E-state index contributed by atoms with van der Waals surface area (Å²) in [5.41, 5.74) is 5.04. The van der Waals surface area contributed by atoms with E-state index < -0.39 is 18.0 Å². The molecule has 0 aliphatic heterocycles. The average Bonchev–Trinajstić information content (AvgIpc) is 2.45. The summed E-state index contributed by atoms with van der Waals surface area (Å²) >= 11 is 0. The number of aliphatic carboxylic acids is 2. The Kier molecular flexibility index (Phi) is 8.40. The van der Waals surface area contributed by atoms with Crippen LogP contribution in [0.5, 0.6) is 0 Å². The van der Waals surface area contributed by atoms with Crippen molar-refractivity contribution in [3.05, 3.63) is 35.9 Å². The standard InChI is InChI=1S/C12H15NO3.C2H5NO2/c1-8(2)10(12(15)16)13-11(14)9-6-4-3-5-7-9;3-1-2(4)5/h3-8,10H,1-2H3,(H,13,14)(H,15,16);1,3H2,(H,4,5). The summed E-state index contributed by atoms with van der Waals surface area (Å²) in [6.07, 6.45) is 0. The van der Waals surface area contributed by atoms with E-state index in [0.717, 1.165) is 0 Å². The van der Waals surface area contributed by atoms with Gasteiger partial charge in [0, 0.05) is 5.56 Å². The second-order valence-corrected chi connectivity index (χ2v) is 4.50. The zero-order chi connectivity index (χ0) is 16.4. The monoisotopic (exact) mass is 296 g/mol. The number of nitrogens with two attached hydrogens (primary N) is 1. The van der Waals surface area contributed by atoms with E-state index in [1.807, 2.05) is 0 Å². The normalized spacial score (nSPS) is 11.0. The van der Waals surface area contributed by atoms with E-state index in [0.29, 0.717) is 5.56 Å². The highest BCUT2D eigenvalue weighted by Crippen LogP contribution is 2.04. The minimum atomic E-state index is -1.01. The smallest absolute Gasteiger partial charge is 0.326 e. The van der Waals surface area contributed by atoms with Crippen LogP contribution in [0.1, 0.15) is 24.2 Å². The molecular weight excluding hydrogens is 276 g/mol. The highest BCUT2D eigenvalue weighted by molar-refractivity contribution is 5.96.